The predicted octanol–water partition coefficient (Wildman–Crippen LogP) is 2.32. The first-order valence-corrected chi connectivity index (χ1v) is 6.56. The van der Waals surface area contributed by atoms with Crippen LogP contribution < -0.4 is 10.1 Å². The van der Waals surface area contributed by atoms with Gasteiger partial charge >= 0.3 is 0 Å². The summed E-state index contributed by atoms with van der Waals surface area (Å²) in [6.07, 6.45) is 4.77. The molecule has 2 aromatic rings. The molecule has 0 radical (unpaired) electrons. The van der Waals surface area contributed by atoms with Crippen molar-refractivity contribution in [3.63, 3.8) is 0 Å². The van der Waals surface area contributed by atoms with E-state index in [9.17, 15) is 0 Å². The number of ether oxygens (including phenoxy) is 1. The summed E-state index contributed by atoms with van der Waals surface area (Å²) >= 11 is 0. The van der Waals surface area contributed by atoms with E-state index in [2.05, 4.69) is 29.5 Å². The summed E-state index contributed by atoms with van der Waals surface area (Å²) in [6, 6.07) is 8.55. The first-order valence-electron chi connectivity index (χ1n) is 6.56. The summed E-state index contributed by atoms with van der Waals surface area (Å²) in [5, 5.41) is 7.37. The Bertz CT molecular complexity index is 522. The maximum absolute atomic E-state index is 5.79. The van der Waals surface area contributed by atoms with Gasteiger partial charge in [0.05, 0.1) is 12.8 Å². The SMILES string of the molecule is CNC(C)c1cccc(OCCc2cnn(C)c2)c1. The zero-order valence-electron chi connectivity index (χ0n) is 11.8. The van der Waals surface area contributed by atoms with Gasteiger partial charge in [-0.25, -0.2) is 0 Å². The molecule has 1 aromatic carbocycles. The summed E-state index contributed by atoms with van der Waals surface area (Å²) in [7, 11) is 3.88. The van der Waals surface area contributed by atoms with Crippen LogP contribution in [0, 0.1) is 0 Å². The number of aryl methyl sites for hydroxylation is 1. The predicted molar refractivity (Wildman–Crippen MR) is 76.3 cm³/mol. The highest BCUT2D eigenvalue weighted by Crippen LogP contribution is 2.18. The molecule has 19 heavy (non-hydrogen) atoms. The van der Waals surface area contributed by atoms with Crippen molar-refractivity contribution >= 4 is 0 Å². The number of aromatic nitrogens is 2. The van der Waals surface area contributed by atoms with Crippen LogP contribution in [0.15, 0.2) is 36.7 Å². The van der Waals surface area contributed by atoms with Crippen LogP contribution in [0.25, 0.3) is 0 Å². The van der Waals surface area contributed by atoms with Gasteiger partial charge in [-0.05, 0) is 37.2 Å². The minimum atomic E-state index is 0.335. The first-order chi connectivity index (χ1) is 9.19. The molecule has 0 bridgehead atoms. The van der Waals surface area contributed by atoms with Crippen molar-refractivity contribution in [2.24, 2.45) is 7.05 Å². The van der Waals surface area contributed by atoms with E-state index in [1.165, 1.54) is 11.1 Å². The maximum atomic E-state index is 5.79. The van der Waals surface area contributed by atoms with Crippen molar-refractivity contribution in [3.05, 3.63) is 47.8 Å². The van der Waals surface area contributed by atoms with Crippen molar-refractivity contribution in [3.8, 4) is 5.75 Å². The average molecular weight is 259 g/mol. The largest absolute Gasteiger partial charge is 0.493 e. The average Bonchev–Trinajstić information content (AvgIpc) is 2.84. The van der Waals surface area contributed by atoms with Gasteiger partial charge in [-0.1, -0.05) is 12.1 Å². The quantitative estimate of drug-likeness (QED) is 0.865. The Morgan fingerprint density at radius 1 is 1.42 bits per heavy atom. The van der Waals surface area contributed by atoms with Crippen LogP contribution in [0.2, 0.25) is 0 Å². The molecule has 1 aromatic heterocycles. The smallest absolute Gasteiger partial charge is 0.119 e. The molecule has 0 saturated carbocycles. The van der Waals surface area contributed by atoms with Crippen molar-refractivity contribution < 1.29 is 4.74 Å². The summed E-state index contributed by atoms with van der Waals surface area (Å²) < 4.78 is 7.60. The molecule has 0 aliphatic carbocycles. The molecule has 2 rings (SSSR count). The standard InChI is InChI=1S/C15H21N3O/c1-12(16-2)14-5-4-6-15(9-14)19-8-7-13-10-17-18(3)11-13/h4-6,9-12,16H,7-8H2,1-3H3. The Balaban J connectivity index is 1.89. The van der Waals surface area contributed by atoms with E-state index in [-0.39, 0.29) is 0 Å². The number of hydrogen-bond donors (Lipinski definition) is 1. The normalized spacial score (nSPS) is 12.4. The lowest BCUT2D eigenvalue weighted by atomic mass is 10.1. The fraction of sp³-hybridized carbons (Fsp3) is 0.400. The van der Waals surface area contributed by atoms with Gasteiger partial charge in [0.25, 0.3) is 0 Å². The first kappa shape index (κ1) is 13.6. The highest BCUT2D eigenvalue weighted by Gasteiger charge is 2.04. The van der Waals surface area contributed by atoms with Crippen molar-refractivity contribution in [1.29, 1.82) is 0 Å². The minimum absolute atomic E-state index is 0.335. The van der Waals surface area contributed by atoms with Crippen LogP contribution in [-0.2, 0) is 13.5 Å². The van der Waals surface area contributed by atoms with Crippen LogP contribution in [0.3, 0.4) is 0 Å². The summed E-state index contributed by atoms with van der Waals surface area (Å²) in [6.45, 7) is 2.80. The van der Waals surface area contributed by atoms with Gasteiger partial charge in [-0.15, -0.1) is 0 Å². The molecule has 4 heteroatoms. The van der Waals surface area contributed by atoms with E-state index >= 15 is 0 Å². The monoisotopic (exact) mass is 259 g/mol. The van der Waals surface area contributed by atoms with Gasteiger partial charge in [0.15, 0.2) is 0 Å². The lowest BCUT2D eigenvalue weighted by molar-refractivity contribution is 0.321. The van der Waals surface area contributed by atoms with Crippen LogP contribution in [0.5, 0.6) is 5.75 Å². The van der Waals surface area contributed by atoms with E-state index in [0.29, 0.717) is 12.6 Å². The van der Waals surface area contributed by atoms with Gasteiger partial charge < -0.3 is 10.1 Å². The van der Waals surface area contributed by atoms with Crippen LogP contribution in [0.1, 0.15) is 24.1 Å². The molecule has 0 amide bonds. The molecule has 4 nitrogen and oxygen atoms in total. The fourth-order valence-electron chi connectivity index (χ4n) is 1.93. The van der Waals surface area contributed by atoms with Gasteiger partial charge in [-0.2, -0.15) is 5.10 Å². The van der Waals surface area contributed by atoms with Crippen LogP contribution in [-0.4, -0.2) is 23.4 Å². The van der Waals surface area contributed by atoms with Gasteiger partial charge in [-0.3, -0.25) is 4.68 Å². The van der Waals surface area contributed by atoms with Gasteiger partial charge in [0.2, 0.25) is 0 Å². The molecule has 0 saturated heterocycles. The Morgan fingerprint density at radius 2 is 2.26 bits per heavy atom. The van der Waals surface area contributed by atoms with Crippen LogP contribution >= 0.6 is 0 Å². The van der Waals surface area contributed by atoms with Crippen molar-refractivity contribution in [2.45, 2.75) is 19.4 Å². The number of hydrogen-bond acceptors (Lipinski definition) is 3. The Labute approximate surface area is 114 Å². The van der Waals surface area contributed by atoms with Crippen LogP contribution in [0.4, 0.5) is 0 Å². The minimum Gasteiger partial charge on any atom is -0.493 e. The number of nitrogens with one attached hydrogen (secondary N) is 1. The van der Waals surface area contributed by atoms with E-state index in [4.69, 9.17) is 4.74 Å². The fourth-order valence-corrected chi connectivity index (χ4v) is 1.93. The molecule has 0 fully saturated rings. The van der Waals surface area contributed by atoms with E-state index < -0.39 is 0 Å². The lowest BCUT2D eigenvalue weighted by Crippen LogP contribution is -2.12. The van der Waals surface area contributed by atoms with E-state index in [1.54, 1.807) is 0 Å². The topological polar surface area (TPSA) is 39.1 Å². The molecule has 1 unspecified atom stereocenters. The van der Waals surface area contributed by atoms with Crippen molar-refractivity contribution in [1.82, 2.24) is 15.1 Å². The number of benzene rings is 1. The molecule has 102 valence electrons. The molecule has 1 heterocycles. The lowest BCUT2D eigenvalue weighted by Gasteiger charge is -2.12. The van der Waals surface area contributed by atoms with Crippen molar-refractivity contribution in [2.75, 3.05) is 13.7 Å². The molecular formula is C15H21N3O. The molecular weight excluding hydrogens is 238 g/mol. The number of rotatable bonds is 6. The summed E-state index contributed by atoms with van der Waals surface area (Å²) in [5.41, 5.74) is 2.43. The molecule has 0 aliphatic rings. The van der Waals surface area contributed by atoms with E-state index in [0.717, 1.165) is 12.2 Å². The van der Waals surface area contributed by atoms with Gasteiger partial charge in [0.1, 0.15) is 5.75 Å². The zero-order valence-corrected chi connectivity index (χ0v) is 11.8. The van der Waals surface area contributed by atoms with Gasteiger partial charge in [0, 0.05) is 25.7 Å². The zero-order chi connectivity index (χ0) is 13.7. The Hall–Kier alpha value is -1.81. The number of nitrogens with zero attached hydrogens (tertiary/aromatic N) is 2. The second kappa shape index (κ2) is 6.38. The second-order valence-electron chi connectivity index (χ2n) is 4.70. The molecule has 1 atom stereocenters. The third kappa shape index (κ3) is 3.83. The Kier molecular flexibility index (Phi) is 4.58. The third-order valence-corrected chi connectivity index (χ3v) is 3.21. The summed E-state index contributed by atoms with van der Waals surface area (Å²) in [4.78, 5) is 0. The molecule has 1 N–H and O–H groups in total. The highest BCUT2D eigenvalue weighted by molar-refractivity contribution is 5.30. The molecule has 0 spiro atoms. The molecule has 0 aliphatic heterocycles. The maximum Gasteiger partial charge on any atom is 0.119 e. The van der Waals surface area contributed by atoms with E-state index in [1.807, 2.05) is 43.3 Å². The second-order valence-corrected chi connectivity index (χ2v) is 4.70. The Morgan fingerprint density at radius 3 is 2.95 bits per heavy atom. The highest BCUT2D eigenvalue weighted by atomic mass is 16.5. The summed E-state index contributed by atoms with van der Waals surface area (Å²) in [5.74, 6) is 0.920. The third-order valence-electron chi connectivity index (χ3n) is 3.21.